The number of hydrogen-bond acceptors (Lipinski definition) is 22. The van der Waals surface area contributed by atoms with Crippen molar-refractivity contribution in [2.45, 2.75) is 272 Å². The molecule has 16 heterocycles. The first-order chi connectivity index (χ1) is 70.8. The maximum atomic E-state index is 15.3. The standard InChI is InChI=1S/C30H41FN6O2.C29H39FN6O2.C29H38FN5O2.C28H44FN5O2/c1-20-14-35(25(13-32-20)16-36-15-21(2)34(5)17-27(36)38)18-28(39)37-19-30(3,4)29-26(37)11-23(12-33-29)10-22-6-8-24(31)9-7-22;1-18-8-26(37)35(13-18)15-24-12-31-20(3)14-34(24)16-27(38)36-17-29(4,5)28-25(36)11-23(32-33-28)10-21-6-7-22(30)9-19(21)2;1-19-9-26(36)34(14-19)16-24-13-31-20(2)15-33(24)17-27(37)35-18-29(3,4)28-25(35)11-22(12-32-28)10-21-5-7-23(30)8-6-21;1-8-9-28(7,29)23-10-22-21(13-31-23)27(5,6)18-34(22)25(36)16-32-14-19(2)30-12-20(32)15-33-17-26(3,4)11-24(33)35/h6-9,11-12,20-21,25,32H,10,13-19H2,1-5H3;6-7,9,11,18,20,24,31H,8,10,12-17H2,1-5H3;5-8,11-12,19-20,24,31H,9-10,13-18H2,1-4H3;10,13,19-20,30H,8-9,11-12,14-18H2,1-7H3/t20-,21+,25-;18-,20+,24+;19-,20+,24+;19-,20-,28?/m1001/s1. The van der Waals surface area contributed by atoms with Gasteiger partial charge in [-0.05, 0) is 186 Å². The molecule has 1 unspecified atom stereocenters. The molecule has 12 atom stereocenters. The molecule has 8 fully saturated rings. The second-order valence-corrected chi connectivity index (χ2v) is 49.3. The first-order valence-corrected chi connectivity index (χ1v) is 54.5. The van der Waals surface area contributed by atoms with Crippen LogP contribution in [-0.2, 0) is 84.9 Å². The maximum absolute atomic E-state index is 15.3. The highest BCUT2D eigenvalue weighted by atomic mass is 19.1. The molecule has 150 heavy (non-hydrogen) atoms. The summed E-state index contributed by atoms with van der Waals surface area (Å²) in [6, 6.07) is 27.4. The summed E-state index contributed by atoms with van der Waals surface area (Å²) in [4.78, 5) is 146. The molecule has 812 valence electrons. The number of anilines is 4. The zero-order valence-electron chi connectivity index (χ0n) is 92.4. The maximum Gasteiger partial charge on any atom is 0.241 e. The molecule has 12 aliphatic heterocycles. The first kappa shape index (κ1) is 112. The third-order valence-corrected chi connectivity index (χ3v) is 32.7. The van der Waals surface area contributed by atoms with Crippen molar-refractivity contribution >= 4 is 70.0 Å². The minimum absolute atomic E-state index is 0.00754. The van der Waals surface area contributed by atoms with E-state index in [1.54, 1.807) is 49.5 Å². The fourth-order valence-electron chi connectivity index (χ4n) is 24.3. The van der Waals surface area contributed by atoms with Gasteiger partial charge in [0, 0.05) is 257 Å². The first-order valence-electron chi connectivity index (χ1n) is 54.5. The van der Waals surface area contributed by atoms with Crippen LogP contribution in [0, 0.1) is 41.6 Å². The number of piperazine rings is 5. The number of nitrogens with zero attached hydrogens (tertiary/aromatic N) is 18. The number of benzene rings is 3. The zero-order valence-corrected chi connectivity index (χ0v) is 92.4. The molecule has 19 rings (SSSR count). The van der Waals surface area contributed by atoms with Crippen LogP contribution in [0.4, 0.5) is 40.3 Å². The number of hydrogen-bond donors (Lipinski definition) is 4. The number of pyridine rings is 3. The number of fused-ring (bicyclic) bond motifs is 4. The Morgan fingerprint density at radius 3 is 1.21 bits per heavy atom. The monoisotopic (exact) mass is 2070 g/mol. The summed E-state index contributed by atoms with van der Waals surface area (Å²) >= 11 is 0. The zero-order chi connectivity index (χ0) is 108. The Hall–Kier alpha value is -10.7. The lowest BCUT2D eigenvalue weighted by Gasteiger charge is -2.44. The molecule has 0 saturated carbocycles. The smallest absolute Gasteiger partial charge is 0.241 e. The molecule has 8 saturated heterocycles. The lowest BCUT2D eigenvalue weighted by molar-refractivity contribution is -0.138. The Kier molecular flexibility index (Phi) is 34.3. The minimum atomic E-state index is -1.53. The van der Waals surface area contributed by atoms with Crippen LogP contribution in [0.25, 0.3) is 0 Å². The quantitative estimate of drug-likeness (QED) is 0.0387. The van der Waals surface area contributed by atoms with E-state index in [0.29, 0.717) is 154 Å². The number of likely N-dealkylation sites (tertiary alicyclic amines) is 3. The van der Waals surface area contributed by atoms with Gasteiger partial charge in [0.2, 0.25) is 47.3 Å². The summed E-state index contributed by atoms with van der Waals surface area (Å²) in [6.07, 6.45) is 10.2. The van der Waals surface area contributed by atoms with Gasteiger partial charge in [-0.1, -0.05) is 127 Å². The van der Waals surface area contributed by atoms with Gasteiger partial charge in [-0.15, -0.1) is 0 Å². The number of alkyl halides is 1. The van der Waals surface area contributed by atoms with Gasteiger partial charge in [-0.2, -0.15) is 10.2 Å². The lowest BCUT2D eigenvalue weighted by Crippen LogP contribution is -2.63. The van der Waals surface area contributed by atoms with Crippen molar-refractivity contribution in [3.05, 3.63) is 194 Å². The predicted molar refractivity (Wildman–Crippen MR) is 578 cm³/mol. The van der Waals surface area contributed by atoms with Crippen molar-refractivity contribution in [1.82, 2.24) is 90.5 Å². The average Bonchev–Trinajstić information content (AvgIpc) is 1.62. The number of nitrogens with one attached hydrogen (secondary N) is 4. The van der Waals surface area contributed by atoms with E-state index in [0.717, 1.165) is 163 Å². The number of halogens is 4. The van der Waals surface area contributed by atoms with Crippen molar-refractivity contribution in [1.29, 1.82) is 0 Å². The molecule has 3 aromatic carbocycles. The normalized spacial score (nSPS) is 25.9. The van der Waals surface area contributed by atoms with E-state index in [-0.39, 0.29) is 147 Å². The Labute approximate surface area is 885 Å². The fourth-order valence-corrected chi connectivity index (χ4v) is 24.3. The third-order valence-electron chi connectivity index (χ3n) is 32.7. The van der Waals surface area contributed by atoms with Crippen molar-refractivity contribution in [3.63, 3.8) is 0 Å². The molecule has 7 aromatic rings. The molecular formula is C116H162F4N22O8. The van der Waals surface area contributed by atoms with Gasteiger partial charge in [0.1, 0.15) is 23.1 Å². The average molecular weight is 2070 g/mol. The van der Waals surface area contributed by atoms with Crippen LogP contribution in [0.15, 0.2) is 110 Å². The number of amides is 8. The Morgan fingerprint density at radius 2 is 0.813 bits per heavy atom. The highest BCUT2D eigenvalue weighted by Gasteiger charge is 2.49. The molecule has 0 aliphatic carbocycles. The van der Waals surface area contributed by atoms with E-state index in [4.69, 9.17) is 9.97 Å². The summed E-state index contributed by atoms with van der Waals surface area (Å²) in [5, 5.41) is 23.2. The SMILES string of the molecule is CCCC(C)(F)c1cc2c(cn1)C(C)(C)CN2C(=O)CN1C[C@@H](C)NC[C@@H]1CN1CC(C)(C)CC1=O.C[C@@H]1CN(CC(=O)N2CC(C)(C)c3ncc(Cc4ccc(F)cc4)cc32)[C@@H](CN2C[C@H](C)N(C)CC2=O)CN1.C[C@H]1CC(=O)N(C[C@H]2CN[C@H](C)CN2CC(=O)N2CC(C)(C)c3ncc(Cc4ccc(F)cc4)cc32)C1.Cc1cc(F)ccc1Cc1cc2c(nn1)C(C)(C)CN2C(=O)CN1C[C@@H](C)NC[C@@H]1CN1C[C@@H](C)CC1=O. The summed E-state index contributed by atoms with van der Waals surface area (Å²) in [5.41, 5.74) is 11.4. The van der Waals surface area contributed by atoms with Crippen LogP contribution in [0.2, 0.25) is 0 Å². The Morgan fingerprint density at radius 1 is 0.420 bits per heavy atom. The van der Waals surface area contributed by atoms with Crippen LogP contribution < -0.4 is 40.9 Å². The van der Waals surface area contributed by atoms with E-state index < -0.39 is 5.67 Å². The largest absolute Gasteiger partial charge is 0.341 e. The highest BCUT2D eigenvalue weighted by Crippen LogP contribution is 2.47. The summed E-state index contributed by atoms with van der Waals surface area (Å²) in [7, 11) is 1.99. The van der Waals surface area contributed by atoms with E-state index in [9.17, 15) is 51.5 Å². The van der Waals surface area contributed by atoms with Gasteiger partial charge in [0.15, 0.2) is 0 Å². The second kappa shape index (κ2) is 45.9. The van der Waals surface area contributed by atoms with E-state index in [1.165, 1.54) is 36.4 Å². The molecule has 4 aromatic heterocycles. The van der Waals surface area contributed by atoms with Crippen LogP contribution >= 0.6 is 0 Å². The summed E-state index contributed by atoms with van der Waals surface area (Å²) in [5.74, 6) is 0.945. The summed E-state index contributed by atoms with van der Waals surface area (Å²) < 4.78 is 55.6. The number of carbonyl (C=O) groups excluding carboxylic acids is 8. The van der Waals surface area contributed by atoms with Crippen molar-refractivity contribution < 1.29 is 55.9 Å². The molecule has 34 heteroatoms. The predicted octanol–water partition coefficient (Wildman–Crippen LogP) is 11.5. The van der Waals surface area contributed by atoms with Crippen LogP contribution in [-0.4, -0.2) is 342 Å². The minimum Gasteiger partial charge on any atom is -0.341 e. The molecule has 12 aliphatic rings. The topological polar surface area (TPSA) is 291 Å². The molecule has 0 radical (unpaired) electrons. The number of rotatable bonds is 25. The van der Waals surface area contributed by atoms with Gasteiger partial charge < -0.3 is 60.5 Å². The number of aromatic nitrogens is 5. The number of carbonyl (C=O) groups is 8. The fraction of sp³-hybridized carbons (Fsp3) is 0.612. The van der Waals surface area contributed by atoms with E-state index in [2.05, 4.69) is 191 Å². The molecule has 4 N–H and O–H groups in total. The Balaban J connectivity index is 0.000000142. The van der Waals surface area contributed by atoms with E-state index in [1.807, 2.05) is 78.6 Å². The molecule has 0 bridgehead atoms. The summed E-state index contributed by atoms with van der Waals surface area (Å²) in [6.45, 7) is 57.0. The van der Waals surface area contributed by atoms with E-state index >= 15 is 4.39 Å². The molecular weight excluding hydrogens is 1910 g/mol. The molecule has 8 amide bonds. The van der Waals surface area contributed by atoms with Gasteiger partial charge in [0.25, 0.3) is 0 Å². The third kappa shape index (κ3) is 26.5. The van der Waals surface area contributed by atoms with Crippen molar-refractivity contribution in [2.24, 2.45) is 17.3 Å². The van der Waals surface area contributed by atoms with Gasteiger partial charge in [0.05, 0.1) is 83.9 Å². The van der Waals surface area contributed by atoms with Crippen molar-refractivity contribution in [2.75, 3.05) is 190 Å². The van der Waals surface area contributed by atoms with Crippen LogP contribution in [0.3, 0.4) is 0 Å². The lowest BCUT2D eigenvalue weighted by atomic mass is 9.87. The van der Waals surface area contributed by atoms with Gasteiger partial charge in [-0.25, -0.2) is 17.6 Å². The second-order valence-electron chi connectivity index (χ2n) is 49.3. The van der Waals surface area contributed by atoms with Crippen molar-refractivity contribution in [3.8, 4) is 0 Å². The van der Waals surface area contributed by atoms with Gasteiger partial charge >= 0.3 is 0 Å². The Bertz CT molecular complexity index is 6070. The van der Waals surface area contributed by atoms with Crippen LogP contribution in [0.1, 0.15) is 231 Å². The van der Waals surface area contributed by atoms with Gasteiger partial charge in [-0.3, -0.25) is 77.8 Å². The highest BCUT2D eigenvalue weighted by molar-refractivity contribution is 6.00. The number of likely N-dealkylation sites (N-methyl/N-ethyl adjacent to an activating group) is 1. The molecule has 0 spiro atoms. The number of aryl methyl sites for hydroxylation is 1. The van der Waals surface area contributed by atoms with Crippen LogP contribution in [0.5, 0.6) is 0 Å². The molecule has 30 nitrogen and oxygen atoms in total.